The van der Waals surface area contributed by atoms with E-state index >= 15 is 0 Å². The predicted octanol–water partition coefficient (Wildman–Crippen LogP) is 8.16. The molecule has 0 radical (unpaired) electrons. The van der Waals surface area contributed by atoms with Gasteiger partial charge in [0.15, 0.2) is 0 Å². The Morgan fingerprint density at radius 3 is 2.38 bits per heavy atom. The van der Waals surface area contributed by atoms with E-state index in [1.807, 2.05) is 47.1 Å². The molecule has 0 spiro atoms. The summed E-state index contributed by atoms with van der Waals surface area (Å²) in [6, 6.07) is 18.5. The molecule has 3 aromatic rings. The molecular weight excluding hydrogens is 650 g/mol. The molecule has 5 nitrogen and oxygen atoms in total. The van der Waals surface area contributed by atoms with Crippen LogP contribution in [0.2, 0.25) is 0 Å². The Morgan fingerprint density at radius 2 is 1.77 bits per heavy atom. The number of hydrogen-bond donors (Lipinski definition) is 1. The van der Waals surface area contributed by atoms with Crippen LogP contribution in [0.1, 0.15) is 41.7 Å². The number of halogens is 2. The number of nitrogens with zero attached hydrogens (tertiary/aromatic N) is 2. The van der Waals surface area contributed by atoms with Gasteiger partial charge in [-0.2, -0.15) is 6.67 Å². The fourth-order valence-corrected chi connectivity index (χ4v) is 6.99. The quantitative estimate of drug-likeness (QED) is 0.0807. The van der Waals surface area contributed by atoms with E-state index in [0.717, 1.165) is 41.4 Å². The number of nitrogens with one attached hydrogen (secondary N) is 1. The smallest absolute Gasteiger partial charge is 0.0142 e. The monoisotopic (exact) mass is 691 g/mol. The fraction of sp³-hybridized carbons (Fsp3) is 0.355. The maximum absolute atomic E-state index is 6.06. The molecule has 0 aromatic heterocycles. The Balaban J connectivity index is 0.000000238. The molecule has 220 valence electrons. The number of ether oxygens (including phenoxy) is 2. The number of methoxy groups -OCH3 is 1. The topological polar surface area (TPSA) is 40.5 Å². The molecule has 9 heteroatoms. The SMILES string of the molecule is COc1ccc(CNc2ccccc2[OH+]C(C)C)c([CH]=[Ru]([Cl])[Cl])c1.CSN1[CH-]N(c2c(C)cc(C)cc2C)CC1. The van der Waals surface area contributed by atoms with Gasteiger partial charge in [-0.3, -0.25) is 0 Å². The predicted molar refractivity (Wildman–Crippen MR) is 173 cm³/mol. The average Bonchev–Trinajstić information content (AvgIpc) is 3.36. The molecule has 2 N–H and O–H groups in total. The summed E-state index contributed by atoms with van der Waals surface area (Å²) in [5.74, 6) is 1.76. The standard InChI is InChI=1S/C18H21NO2.C13H19N2S.2ClH.Ru/c1-13(2)21-18-8-6-5-7-17(18)19-12-15-9-10-16(20-4)11-14(15)3;1-10-7-11(2)13(12(3)8-10)14-5-6-15(9-14)16-4;;;/h3,5-11,13,19H,12H2,1-2,4H3;7-9H,5-6H2,1-4H3;2*1H;/q;-1;;;+2/p-1. The van der Waals surface area contributed by atoms with Crippen molar-refractivity contribution in [2.24, 2.45) is 0 Å². The van der Waals surface area contributed by atoms with Crippen molar-refractivity contribution in [2.45, 2.75) is 47.3 Å². The molecule has 1 heterocycles. The van der Waals surface area contributed by atoms with Gasteiger partial charge in [-0.1, -0.05) is 17.7 Å². The van der Waals surface area contributed by atoms with Crippen molar-refractivity contribution < 1.29 is 23.0 Å². The molecule has 1 aliphatic rings. The van der Waals surface area contributed by atoms with Crippen LogP contribution in [0.4, 0.5) is 11.4 Å². The van der Waals surface area contributed by atoms with Gasteiger partial charge >= 0.3 is 157 Å². The maximum Gasteiger partial charge on any atom is 0.0142 e. The van der Waals surface area contributed by atoms with Crippen molar-refractivity contribution in [1.82, 2.24) is 4.31 Å². The summed E-state index contributed by atoms with van der Waals surface area (Å²) in [6.45, 7) is 15.8. The number of aliphatic hydroxyl groups is 1. The third kappa shape index (κ3) is 9.67. The Kier molecular flexibility index (Phi) is 13.1. The van der Waals surface area contributed by atoms with Crippen LogP contribution in [0.25, 0.3) is 0 Å². The van der Waals surface area contributed by atoms with Crippen LogP contribution in [-0.4, -0.2) is 46.2 Å². The zero-order valence-corrected chi connectivity index (χ0v) is 28.4. The second-order valence-electron chi connectivity index (χ2n) is 9.84. The average molecular weight is 692 g/mol. The van der Waals surface area contributed by atoms with Gasteiger partial charge in [0.25, 0.3) is 0 Å². The van der Waals surface area contributed by atoms with Gasteiger partial charge in [-0.25, -0.2) is 0 Å². The van der Waals surface area contributed by atoms with Gasteiger partial charge in [0.1, 0.15) is 0 Å². The second kappa shape index (κ2) is 16.0. The number of hydrogen-bond acceptors (Lipinski definition) is 5. The van der Waals surface area contributed by atoms with Gasteiger partial charge in [0, 0.05) is 12.2 Å². The van der Waals surface area contributed by atoms with Crippen molar-refractivity contribution in [2.75, 3.05) is 36.7 Å². The first-order chi connectivity index (χ1) is 19.1. The minimum absolute atomic E-state index is 0.247. The van der Waals surface area contributed by atoms with Gasteiger partial charge in [0.2, 0.25) is 0 Å². The molecule has 0 saturated carbocycles. The number of para-hydroxylation sites is 2. The van der Waals surface area contributed by atoms with Crippen LogP contribution < -0.4 is 15.0 Å². The first kappa shape index (κ1) is 32.8. The Morgan fingerprint density at radius 1 is 1.07 bits per heavy atom. The molecule has 0 amide bonds. The summed E-state index contributed by atoms with van der Waals surface area (Å²) in [5.41, 5.74) is 8.62. The Hall–Kier alpha value is -1.76. The van der Waals surface area contributed by atoms with Crippen molar-refractivity contribution >= 4 is 47.3 Å². The first-order valence-corrected chi connectivity index (χ1v) is 19.8. The van der Waals surface area contributed by atoms with Crippen LogP contribution in [0.15, 0.2) is 54.6 Å². The largest absolute Gasteiger partial charge is 0.506 e. The summed E-state index contributed by atoms with van der Waals surface area (Å²) < 4.78 is 14.2. The molecule has 3 aromatic carbocycles. The summed E-state index contributed by atoms with van der Waals surface area (Å²) in [6.07, 6.45) is 2.37. The van der Waals surface area contributed by atoms with Crippen LogP contribution in [-0.2, 0) is 20.1 Å². The number of anilines is 2. The molecule has 40 heavy (non-hydrogen) atoms. The first-order valence-electron chi connectivity index (χ1n) is 13.1. The number of aryl methyl sites for hydroxylation is 3. The zero-order chi connectivity index (χ0) is 29.2. The van der Waals surface area contributed by atoms with Crippen LogP contribution in [0, 0.1) is 27.4 Å². The van der Waals surface area contributed by atoms with Gasteiger partial charge in [0.05, 0.1) is 0 Å². The van der Waals surface area contributed by atoms with E-state index in [1.54, 1.807) is 19.1 Å². The molecule has 1 aliphatic heterocycles. The number of benzene rings is 3. The van der Waals surface area contributed by atoms with Crippen molar-refractivity contribution in [3.63, 3.8) is 0 Å². The van der Waals surface area contributed by atoms with Crippen LogP contribution >= 0.6 is 31.3 Å². The third-order valence-electron chi connectivity index (χ3n) is 6.30. The van der Waals surface area contributed by atoms with Crippen LogP contribution in [0.3, 0.4) is 0 Å². The molecule has 1 fully saturated rings. The molecular formula is C31H41Cl2N3O2RuS. The normalized spacial score (nSPS) is 13.6. The number of rotatable bonds is 9. The maximum atomic E-state index is 6.06. The van der Waals surface area contributed by atoms with E-state index in [1.165, 1.54) is 22.4 Å². The molecule has 0 atom stereocenters. The second-order valence-corrected chi connectivity index (χ2v) is 16.4. The van der Waals surface area contributed by atoms with Crippen molar-refractivity contribution in [3.05, 3.63) is 89.1 Å². The van der Waals surface area contributed by atoms with E-state index in [9.17, 15) is 0 Å². The summed E-state index contributed by atoms with van der Waals surface area (Å²) in [4.78, 5) is 2.36. The zero-order valence-electron chi connectivity index (χ0n) is 24.3. The molecule has 0 unspecified atom stereocenters. The third-order valence-corrected chi connectivity index (χ3v) is 8.88. The summed E-state index contributed by atoms with van der Waals surface area (Å²) in [7, 11) is 13.8. The minimum Gasteiger partial charge on any atom is -0.506 e. The van der Waals surface area contributed by atoms with Crippen LogP contribution in [0.5, 0.6) is 11.5 Å². The van der Waals surface area contributed by atoms with E-state index in [4.69, 9.17) is 24.1 Å². The molecule has 0 bridgehead atoms. The Bertz CT molecular complexity index is 1280. The van der Waals surface area contributed by atoms with Gasteiger partial charge in [-0.15, -0.1) is 11.9 Å². The molecule has 4 rings (SSSR count). The van der Waals surface area contributed by atoms with E-state index in [0.29, 0.717) is 6.54 Å². The number of aromatic hydroxyl groups is 1. The van der Waals surface area contributed by atoms with E-state index < -0.39 is 13.5 Å². The van der Waals surface area contributed by atoms with Gasteiger partial charge in [-0.05, 0) is 44.7 Å². The minimum atomic E-state index is -1.91. The summed E-state index contributed by atoms with van der Waals surface area (Å²) >= 11 is -0.127. The van der Waals surface area contributed by atoms with Crippen molar-refractivity contribution in [3.8, 4) is 11.5 Å². The Labute approximate surface area is 257 Å². The van der Waals surface area contributed by atoms with E-state index in [2.05, 4.69) is 78.9 Å². The van der Waals surface area contributed by atoms with E-state index in [-0.39, 0.29) is 6.10 Å². The fourth-order valence-electron chi connectivity index (χ4n) is 4.65. The molecule has 0 aliphatic carbocycles. The van der Waals surface area contributed by atoms with Crippen molar-refractivity contribution in [1.29, 1.82) is 0 Å². The molecule has 1 saturated heterocycles. The van der Waals surface area contributed by atoms with Gasteiger partial charge < -0.3 is 9.21 Å². The summed E-state index contributed by atoms with van der Waals surface area (Å²) in [5, 5.41) is 3.46.